The Labute approximate surface area is 101 Å². The summed E-state index contributed by atoms with van der Waals surface area (Å²) < 4.78 is 1.18. The third-order valence-corrected chi connectivity index (χ3v) is 2.62. The number of benzene rings is 1. The number of nitrogens with one attached hydrogen (secondary N) is 1. The Morgan fingerprint density at radius 3 is 2.41 bits per heavy atom. The van der Waals surface area contributed by atoms with E-state index in [2.05, 4.69) is 5.10 Å². The molecule has 0 aliphatic carbocycles. The molecule has 17 heavy (non-hydrogen) atoms. The molecule has 5 nitrogen and oxygen atoms in total. The van der Waals surface area contributed by atoms with E-state index < -0.39 is 11.5 Å². The summed E-state index contributed by atoms with van der Waals surface area (Å²) in [6.07, 6.45) is 0. The number of hydrogen-bond acceptors (Lipinski definition) is 2. The van der Waals surface area contributed by atoms with Gasteiger partial charge in [-0.15, -0.1) is 0 Å². The van der Waals surface area contributed by atoms with Crippen molar-refractivity contribution in [2.45, 2.75) is 6.92 Å². The lowest BCUT2D eigenvalue weighted by Gasteiger charge is -2.00. The van der Waals surface area contributed by atoms with Crippen LogP contribution in [0.2, 0.25) is 5.02 Å². The Hall–Kier alpha value is -2.01. The highest BCUT2D eigenvalue weighted by Gasteiger charge is 2.18. The lowest BCUT2D eigenvalue weighted by molar-refractivity contribution is 0.0694. The molecule has 2 rings (SSSR count). The molecule has 1 heterocycles. The number of H-pyrrole nitrogens is 1. The van der Waals surface area contributed by atoms with E-state index >= 15 is 0 Å². The zero-order chi connectivity index (χ0) is 12.6. The Kier molecular flexibility index (Phi) is 2.77. The van der Waals surface area contributed by atoms with Crippen LogP contribution in [0.3, 0.4) is 0 Å². The first kappa shape index (κ1) is 11.5. The van der Waals surface area contributed by atoms with Crippen LogP contribution >= 0.6 is 11.6 Å². The van der Waals surface area contributed by atoms with Gasteiger partial charge in [-0.2, -0.15) is 0 Å². The summed E-state index contributed by atoms with van der Waals surface area (Å²) in [6.45, 7) is 1.54. The highest BCUT2D eigenvalue weighted by molar-refractivity contribution is 6.30. The molecule has 6 heteroatoms. The molecule has 2 N–H and O–H groups in total. The fourth-order valence-corrected chi connectivity index (χ4v) is 1.70. The molecule has 0 aliphatic heterocycles. The lowest BCUT2D eigenvalue weighted by Crippen LogP contribution is -2.20. The maximum absolute atomic E-state index is 11.8. The summed E-state index contributed by atoms with van der Waals surface area (Å²) >= 11 is 5.73. The summed E-state index contributed by atoms with van der Waals surface area (Å²) in [5, 5.41) is 12.2. The van der Waals surface area contributed by atoms with Crippen molar-refractivity contribution in [2.75, 3.05) is 0 Å². The first-order chi connectivity index (χ1) is 8.00. The van der Waals surface area contributed by atoms with Crippen LogP contribution in [-0.2, 0) is 0 Å². The minimum Gasteiger partial charge on any atom is -0.477 e. The summed E-state index contributed by atoms with van der Waals surface area (Å²) in [6, 6.07) is 6.51. The van der Waals surface area contributed by atoms with E-state index in [0.717, 1.165) is 0 Å². The van der Waals surface area contributed by atoms with Gasteiger partial charge in [0.05, 0.1) is 5.69 Å². The van der Waals surface area contributed by atoms with Crippen LogP contribution in [0.15, 0.2) is 29.1 Å². The number of carboxylic acid groups (broad SMARTS) is 1. The van der Waals surface area contributed by atoms with E-state index in [1.54, 1.807) is 24.3 Å². The number of carbonyl (C=O) groups is 1. The topological polar surface area (TPSA) is 75.1 Å². The monoisotopic (exact) mass is 252 g/mol. The Morgan fingerprint density at radius 2 is 1.94 bits per heavy atom. The zero-order valence-corrected chi connectivity index (χ0v) is 9.65. The van der Waals surface area contributed by atoms with Gasteiger partial charge in [0.2, 0.25) is 0 Å². The van der Waals surface area contributed by atoms with Gasteiger partial charge < -0.3 is 5.11 Å². The molecule has 0 atom stereocenters. The number of aromatic amines is 1. The van der Waals surface area contributed by atoms with E-state index in [9.17, 15) is 9.59 Å². The van der Waals surface area contributed by atoms with Gasteiger partial charge in [-0.25, -0.2) is 9.48 Å². The first-order valence-electron chi connectivity index (χ1n) is 4.81. The molecule has 1 aromatic heterocycles. The molecule has 0 amide bonds. The van der Waals surface area contributed by atoms with Gasteiger partial charge in [0.1, 0.15) is 5.56 Å². The average molecular weight is 253 g/mol. The van der Waals surface area contributed by atoms with Gasteiger partial charge in [0, 0.05) is 10.7 Å². The largest absolute Gasteiger partial charge is 0.477 e. The van der Waals surface area contributed by atoms with Crippen molar-refractivity contribution in [3.8, 4) is 5.69 Å². The van der Waals surface area contributed by atoms with Gasteiger partial charge >= 0.3 is 5.97 Å². The van der Waals surface area contributed by atoms with Gasteiger partial charge in [-0.05, 0) is 31.2 Å². The minimum atomic E-state index is -1.24. The van der Waals surface area contributed by atoms with Crippen LogP contribution in [0.1, 0.15) is 16.1 Å². The van der Waals surface area contributed by atoms with Crippen LogP contribution in [0.5, 0.6) is 0 Å². The normalized spacial score (nSPS) is 10.5. The SMILES string of the molecule is Cc1[nH]n(-c2ccc(Cl)cc2)c(=O)c1C(=O)O. The highest BCUT2D eigenvalue weighted by atomic mass is 35.5. The van der Waals surface area contributed by atoms with Crippen LogP contribution in [0, 0.1) is 6.92 Å². The molecule has 0 bridgehead atoms. The van der Waals surface area contributed by atoms with Crippen LogP contribution in [-0.4, -0.2) is 20.9 Å². The van der Waals surface area contributed by atoms with Crippen LogP contribution < -0.4 is 5.56 Å². The number of aryl methyl sites for hydroxylation is 1. The predicted molar refractivity (Wildman–Crippen MR) is 63.1 cm³/mol. The Morgan fingerprint density at radius 1 is 1.35 bits per heavy atom. The molecule has 0 fully saturated rings. The number of hydrogen-bond donors (Lipinski definition) is 2. The maximum atomic E-state index is 11.8. The molecule has 1 aromatic carbocycles. The summed E-state index contributed by atoms with van der Waals surface area (Å²) in [5.41, 5.74) is 0.0183. The van der Waals surface area contributed by atoms with Crippen molar-refractivity contribution in [2.24, 2.45) is 0 Å². The van der Waals surface area contributed by atoms with E-state index in [-0.39, 0.29) is 5.56 Å². The lowest BCUT2D eigenvalue weighted by atomic mass is 10.2. The third kappa shape index (κ3) is 1.97. The second-order valence-corrected chi connectivity index (χ2v) is 3.97. The van der Waals surface area contributed by atoms with Crippen molar-refractivity contribution in [3.63, 3.8) is 0 Å². The predicted octanol–water partition coefficient (Wildman–Crippen LogP) is 1.83. The number of aromatic carboxylic acids is 1. The second kappa shape index (κ2) is 4.10. The molecule has 88 valence electrons. The number of nitrogens with zero attached hydrogens (tertiary/aromatic N) is 1. The fourth-order valence-electron chi connectivity index (χ4n) is 1.57. The Balaban J connectivity index is 2.62. The molecule has 2 aromatic rings. The molecule has 0 spiro atoms. The van der Waals surface area contributed by atoms with Crippen LogP contribution in [0.25, 0.3) is 5.69 Å². The molecular formula is C11H9ClN2O3. The second-order valence-electron chi connectivity index (χ2n) is 3.53. The quantitative estimate of drug-likeness (QED) is 0.856. The van der Waals surface area contributed by atoms with Crippen LogP contribution in [0.4, 0.5) is 0 Å². The number of carboxylic acids is 1. The molecule has 0 aliphatic rings. The standard InChI is InChI=1S/C11H9ClN2O3/c1-6-9(11(16)17)10(15)14(13-6)8-4-2-7(12)3-5-8/h2-5,13H,1H3,(H,16,17). The summed E-state index contributed by atoms with van der Waals surface area (Å²) in [4.78, 5) is 22.7. The molecule has 0 saturated heterocycles. The minimum absolute atomic E-state index is 0.250. The van der Waals surface area contributed by atoms with Gasteiger partial charge in [0.25, 0.3) is 5.56 Å². The van der Waals surface area contributed by atoms with Gasteiger partial charge in [-0.3, -0.25) is 9.89 Å². The maximum Gasteiger partial charge on any atom is 0.343 e. The van der Waals surface area contributed by atoms with E-state index in [1.165, 1.54) is 11.6 Å². The van der Waals surface area contributed by atoms with Crippen molar-refractivity contribution in [1.29, 1.82) is 0 Å². The molecule has 0 radical (unpaired) electrons. The highest BCUT2D eigenvalue weighted by Crippen LogP contribution is 2.12. The first-order valence-corrected chi connectivity index (χ1v) is 5.19. The smallest absolute Gasteiger partial charge is 0.343 e. The van der Waals surface area contributed by atoms with Gasteiger partial charge in [0.15, 0.2) is 0 Å². The van der Waals surface area contributed by atoms with Crippen molar-refractivity contribution in [3.05, 3.63) is 50.9 Å². The van der Waals surface area contributed by atoms with Crippen molar-refractivity contribution >= 4 is 17.6 Å². The molecule has 0 unspecified atom stereocenters. The van der Waals surface area contributed by atoms with Crippen molar-refractivity contribution < 1.29 is 9.90 Å². The van der Waals surface area contributed by atoms with E-state index in [1.807, 2.05) is 0 Å². The molecular weight excluding hydrogens is 244 g/mol. The third-order valence-electron chi connectivity index (χ3n) is 2.37. The van der Waals surface area contributed by atoms with Crippen molar-refractivity contribution in [1.82, 2.24) is 9.78 Å². The average Bonchev–Trinajstić information content (AvgIpc) is 2.55. The number of aromatic nitrogens is 2. The zero-order valence-electron chi connectivity index (χ0n) is 8.90. The van der Waals surface area contributed by atoms with E-state index in [0.29, 0.717) is 16.4 Å². The fraction of sp³-hybridized carbons (Fsp3) is 0.0909. The van der Waals surface area contributed by atoms with E-state index in [4.69, 9.17) is 16.7 Å². The molecule has 0 saturated carbocycles. The summed E-state index contributed by atoms with van der Waals surface area (Å²) in [7, 11) is 0. The number of rotatable bonds is 2. The summed E-state index contributed by atoms with van der Waals surface area (Å²) in [5.74, 6) is -1.24. The Bertz CT molecular complexity index is 625. The number of halogens is 1. The van der Waals surface area contributed by atoms with Gasteiger partial charge in [-0.1, -0.05) is 11.6 Å².